The summed E-state index contributed by atoms with van der Waals surface area (Å²) in [4.78, 5) is 4.07. The molecule has 0 saturated heterocycles. The summed E-state index contributed by atoms with van der Waals surface area (Å²) >= 11 is 3.54. The Morgan fingerprint density at radius 3 is 2.76 bits per heavy atom. The van der Waals surface area contributed by atoms with E-state index < -0.39 is 0 Å². The average Bonchev–Trinajstić information content (AvgIpc) is 2.46. The van der Waals surface area contributed by atoms with Crippen LogP contribution >= 0.6 is 15.9 Å². The van der Waals surface area contributed by atoms with Crippen molar-refractivity contribution in [3.05, 3.63) is 52.3 Å². The predicted octanol–water partition coefficient (Wildman–Crippen LogP) is 3.32. The number of halogens is 1. The van der Waals surface area contributed by atoms with E-state index in [2.05, 4.69) is 20.9 Å². The zero-order chi connectivity index (χ0) is 15.2. The first kappa shape index (κ1) is 15.8. The van der Waals surface area contributed by atoms with Gasteiger partial charge in [-0.25, -0.2) is 0 Å². The summed E-state index contributed by atoms with van der Waals surface area (Å²) in [6.07, 6.45) is 4.31. The maximum absolute atomic E-state index is 5.86. The maximum Gasteiger partial charge on any atom is 0.175 e. The second-order valence-corrected chi connectivity index (χ2v) is 5.79. The quantitative estimate of drug-likeness (QED) is 0.867. The standard InChI is InChI=1S/C16H19BrN2O2/c1-11(18)6-13-7-14(17)16(15(8-13)20-2)21-10-12-4-3-5-19-9-12/h3-5,7-9,11H,6,10,18H2,1-2H3. The molecule has 0 spiro atoms. The summed E-state index contributed by atoms with van der Waals surface area (Å²) in [6, 6.07) is 7.94. The minimum absolute atomic E-state index is 0.101. The highest BCUT2D eigenvalue weighted by molar-refractivity contribution is 9.10. The molecule has 21 heavy (non-hydrogen) atoms. The molecule has 112 valence electrons. The molecule has 1 heterocycles. The first-order chi connectivity index (χ1) is 10.1. The summed E-state index contributed by atoms with van der Waals surface area (Å²) in [5.74, 6) is 1.39. The molecule has 0 amide bonds. The van der Waals surface area contributed by atoms with Crippen LogP contribution in [0.15, 0.2) is 41.1 Å². The van der Waals surface area contributed by atoms with Crippen molar-refractivity contribution in [1.82, 2.24) is 4.98 Å². The first-order valence-electron chi connectivity index (χ1n) is 6.74. The van der Waals surface area contributed by atoms with E-state index in [0.29, 0.717) is 18.1 Å². The molecule has 1 atom stereocenters. The monoisotopic (exact) mass is 350 g/mol. The van der Waals surface area contributed by atoms with Gasteiger partial charge in [-0.05, 0) is 53.0 Å². The van der Waals surface area contributed by atoms with Gasteiger partial charge in [0.15, 0.2) is 11.5 Å². The lowest BCUT2D eigenvalue weighted by molar-refractivity contribution is 0.282. The summed E-state index contributed by atoms with van der Waals surface area (Å²) in [6.45, 7) is 2.42. The summed E-state index contributed by atoms with van der Waals surface area (Å²) < 4.78 is 12.1. The number of nitrogens with zero attached hydrogens (tertiary/aromatic N) is 1. The largest absolute Gasteiger partial charge is 0.493 e. The van der Waals surface area contributed by atoms with Crippen molar-refractivity contribution in [2.45, 2.75) is 26.0 Å². The van der Waals surface area contributed by atoms with Crippen LogP contribution in [0, 0.1) is 0 Å². The fourth-order valence-electron chi connectivity index (χ4n) is 2.04. The minimum atomic E-state index is 0.101. The van der Waals surface area contributed by atoms with Crippen molar-refractivity contribution >= 4 is 15.9 Å². The third-order valence-electron chi connectivity index (χ3n) is 2.95. The van der Waals surface area contributed by atoms with Gasteiger partial charge >= 0.3 is 0 Å². The molecule has 0 bridgehead atoms. The fraction of sp³-hybridized carbons (Fsp3) is 0.312. The van der Waals surface area contributed by atoms with Crippen molar-refractivity contribution in [2.75, 3.05) is 7.11 Å². The lowest BCUT2D eigenvalue weighted by Crippen LogP contribution is -2.17. The molecule has 1 aromatic carbocycles. The average molecular weight is 351 g/mol. The molecule has 0 fully saturated rings. The normalized spacial score (nSPS) is 12.0. The van der Waals surface area contributed by atoms with Gasteiger partial charge in [0, 0.05) is 24.0 Å². The SMILES string of the molecule is COc1cc(CC(C)N)cc(Br)c1OCc1cccnc1. The van der Waals surface area contributed by atoms with E-state index >= 15 is 0 Å². The molecule has 0 aliphatic rings. The van der Waals surface area contributed by atoms with Gasteiger partial charge in [0.2, 0.25) is 0 Å². The second-order valence-electron chi connectivity index (χ2n) is 4.94. The van der Waals surface area contributed by atoms with Crippen molar-refractivity contribution in [2.24, 2.45) is 5.73 Å². The van der Waals surface area contributed by atoms with Gasteiger partial charge in [0.1, 0.15) is 6.61 Å². The molecule has 2 N–H and O–H groups in total. The van der Waals surface area contributed by atoms with Crippen LogP contribution in [0.25, 0.3) is 0 Å². The summed E-state index contributed by atoms with van der Waals surface area (Å²) in [5.41, 5.74) is 7.96. The Labute approximate surface area is 133 Å². The predicted molar refractivity (Wildman–Crippen MR) is 86.6 cm³/mol. The molecule has 0 saturated carbocycles. The number of ether oxygens (including phenoxy) is 2. The molecule has 2 rings (SSSR count). The highest BCUT2D eigenvalue weighted by atomic mass is 79.9. The van der Waals surface area contributed by atoms with Crippen LogP contribution in [-0.4, -0.2) is 18.1 Å². The lowest BCUT2D eigenvalue weighted by atomic mass is 10.1. The van der Waals surface area contributed by atoms with Crippen LogP contribution in [0.4, 0.5) is 0 Å². The van der Waals surface area contributed by atoms with Gasteiger partial charge in [-0.3, -0.25) is 4.98 Å². The Kier molecular flexibility index (Phi) is 5.59. The maximum atomic E-state index is 5.86. The zero-order valence-electron chi connectivity index (χ0n) is 12.2. The van der Waals surface area contributed by atoms with Crippen molar-refractivity contribution in [3.63, 3.8) is 0 Å². The third kappa shape index (κ3) is 4.44. The van der Waals surface area contributed by atoms with Gasteiger partial charge in [0.05, 0.1) is 11.6 Å². The van der Waals surface area contributed by atoms with E-state index in [-0.39, 0.29) is 6.04 Å². The number of methoxy groups -OCH3 is 1. The fourth-order valence-corrected chi connectivity index (χ4v) is 2.65. The molecule has 0 aliphatic heterocycles. The topological polar surface area (TPSA) is 57.4 Å². The van der Waals surface area contributed by atoms with Gasteiger partial charge < -0.3 is 15.2 Å². The molecule has 1 aromatic heterocycles. The molecular formula is C16H19BrN2O2. The Balaban J connectivity index is 2.18. The Hall–Kier alpha value is -1.59. The van der Waals surface area contributed by atoms with Crippen molar-refractivity contribution in [1.29, 1.82) is 0 Å². The molecule has 0 aliphatic carbocycles. The number of benzene rings is 1. The number of hydrogen-bond donors (Lipinski definition) is 1. The molecule has 1 unspecified atom stereocenters. The van der Waals surface area contributed by atoms with E-state index in [9.17, 15) is 0 Å². The van der Waals surface area contributed by atoms with Crippen molar-refractivity contribution < 1.29 is 9.47 Å². The number of rotatable bonds is 6. The number of pyridine rings is 1. The highest BCUT2D eigenvalue weighted by Crippen LogP contribution is 2.37. The van der Waals surface area contributed by atoms with E-state index in [1.54, 1.807) is 19.5 Å². The van der Waals surface area contributed by atoms with Gasteiger partial charge in [-0.2, -0.15) is 0 Å². The van der Waals surface area contributed by atoms with Gasteiger partial charge in [0.25, 0.3) is 0 Å². The molecular weight excluding hydrogens is 332 g/mol. The lowest BCUT2D eigenvalue weighted by Gasteiger charge is -2.15. The highest BCUT2D eigenvalue weighted by Gasteiger charge is 2.12. The molecule has 5 heteroatoms. The minimum Gasteiger partial charge on any atom is -0.493 e. The zero-order valence-corrected chi connectivity index (χ0v) is 13.8. The summed E-state index contributed by atoms with van der Waals surface area (Å²) in [7, 11) is 1.63. The van der Waals surface area contributed by atoms with Gasteiger partial charge in [-0.1, -0.05) is 6.07 Å². The van der Waals surface area contributed by atoms with Crippen LogP contribution in [-0.2, 0) is 13.0 Å². The number of nitrogens with two attached hydrogens (primary N) is 1. The molecule has 2 aromatic rings. The third-order valence-corrected chi connectivity index (χ3v) is 3.54. The molecule has 4 nitrogen and oxygen atoms in total. The van der Waals surface area contributed by atoms with Crippen LogP contribution in [0.3, 0.4) is 0 Å². The Bertz CT molecular complexity index is 588. The molecule has 0 radical (unpaired) electrons. The summed E-state index contributed by atoms with van der Waals surface area (Å²) in [5, 5.41) is 0. The number of aromatic nitrogens is 1. The van der Waals surface area contributed by atoms with Crippen LogP contribution in [0.5, 0.6) is 11.5 Å². The van der Waals surface area contributed by atoms with E-state index in [0.717, 1.165) is 22.0 Å². The van der Waals surface area contributed by atoms with Crippen LogP contribution in [0.2, 0.25) is 0 Å². The van der Waals surface area contributed by atoms with Gasteiger partial charge in [-0.15, -0.1) is 0 Å². The number of hydrogen-bond acceptors (Lipinski definition) is 4. The first-order valence-corrected chi connectivity index (χ1v) is 7.53. The van der Waals surface area contributed by atoms with Crippen LogP contribution in [0.1, 0.15) is 18.1 Å². The van der Waals surface area contributed by atoms with E-state index in [1.165, 1.54) is 0 Å². The van der Waals surface area contributed by atoms with Crippen LogP contribution < -0.4 is 15.2 Å². The Morgan fingerprint density at radius 1 is 1.33 bits per heavy atom. The second kappa shape index (κ2) is 7.43. The smallest absolute Gasteiger partial charge is 0.175 e. The van der Waals surface area contributed by atoms with E-state index in [4.69, 9.17) is 15.2 Å². The Morgan fingerprint density at radius 2 is 2.14 bits per heavy atom. The van der Waals surface area contributed by atoms with E-state index in [1.807, 2.05) is 31.2 Å². The van der Waals surface area contributed by atoms with Crippen molar-refractivity contribution in [3.8, 4) is 11.5 Å².